The molecule has 0 atom stereocenters. The summed E-state index contributed by atoms with van der Waals surface area (Å²) in [4.78, 5) is 38.1. The summed E-state index contributed by atoms with van der Waals surface area (Å²) in [5.74, 6) is -1.54. The zero-order valence-corrected chi connectivity index (χ0v) is 15.1. The van der Waals surface area contributed by atoms with E-state index in [-0.39, 0.29) is 5.69 Å². The van der Waals surface area contributed by atoms with Gasteiger partial charge in [-0.15, -0.1) is 0 Å². The summed E-state index contributed by atoms with van der Waals surface area (Å²) in [6.07, 6.45) is 2.90. The molecule has 7 heteroatoms. The van der Waals surface area contributed by atoms with Crippen LogP contribution in [-0.4, -0.2) is 27.9 Å². The molecule has 0 fully saturated rings. The van der Waals surface area contributed by atoms with Crippen LogP contribution >= 0.6 is 0 Å². The third-order valence-corrected chi connectivity index (χ3v) is 3.78. The number of aromatic nitrogens is 1. The van der Waals surface area contributed by atoms with Crippen molar-refractivity contribution >= 4 is 17.8 Å². The number of nitrogens with zero attached hydrogens (tertiary/aromatic N) is 1. The number of benzene rings is 2. The van der Waals surface area contributed by atoms with Gasteiger partial charge >= 0.3 is 5.97 Å². The number of aliphatic carboxylic acids is 1. The Morgan fingerprint density at radius 2 is 1.62 bits per heavy atom. The lowest BCUT2D eigenvalue weighted by Crippen LogP contribution is -2.29. The monoisotopic (exact) mass is 388 g/mol. The molecule has 7 nitrogen and oxygen atoms in total. The van der Waals surface area contributed by atoms with Gasteiger partial charge in [0.1, 0.15) is 17.2 Å². The first-order chi connectivity index (χ1) is 14.0. The van der Waals surface area contributed by atoms with Gasteiger partial charge in [0.05, 0.1) is 0 Å². The first kappa shape index (κ1) is 19.5. The molecule has 29 heavy (non-hydrogen) atoms. The van der Waals surface area contributed by atoms with Gasteiger partial charge in [0.2, 0.25) is 0 Å². The fourth-order valence-corrected chi connectivity index (χ4v) is 2.46. The second-order valence-electron chi connectivity index (χ2n) is 5.83. The second-order valence-corrected chi connectivity index (χ2v) is 5.83. The van der Waals surface area contributed by atoms with E-state index in [9.17, 15) is 14.4 Å². The van der Waals surface area contributed by atoms with E-state index in [4.69, 9.17) is 9.84 Å². The number of carboxylic acids is 1. The van der Waals surface area contributed by atoms with E-state index in [2.05, 4.69) is 4.98 Å². The summed E-state index contributed by atoms with van der Waals surface area (Å²) in [5.41, 5.74) is 1.54. The third kappa shape index (κ3) is 5.36. The molecule has 3 rings (SSSR count). The van der Waals surface area contributed by atoms with Crippen LogP contribution in [0.25, 0.3) is 11.1 Å². The zero-order chi connectivity index (χ0) is 20.6. The molecule has 3 aromatic rings. The summed E-state index contributed by atoms with van der Waals surface area (Å²) >= 11 is 0. The number of amides is 2. The predicted molar refractivity (Wildman–Crippen MR) is 105 cm³/mol. The molecule has 0 aliphatic carbocycles. The Labute approximate surface area is 166 Å². The molecule has 1 heterocycles. The molecule has 0 saturated carbocycles. The van der Waals surface area contributed by atoms with Gasteiger partial charge < -0.3 is 9.84 Å². The fourth-order valence-electron chi connectivity index (χ4n) is 2.46. The Kier molecular flexibility index (Phi) is 6.12. The normalized spacial score (nSPS) is 10.5. The van der Waals surface area contributed by atoms with E-state index in [1.165, 1.54) is 12.3 Å². The maximum Gasteiger partial charge on any atom is 0.328 e. The quantitative estimate of drug-likeness (QED) is 0.627. The van der Waals surface area contributed by atoms with Crippen molar-refractivity contribution in [3.63, 3.8) is 0 Å². The van der Waals surface area contributed by atoms with E-state index in [0.29, 0.717) is 17.6 Å². The van der Waals surface area contributed by atoms with Crippen LogP contribution in [0.3, 0.4) is 0 Å². The van der Waals surface area contributed by atoms with Crippen molar-refractivity contribution in [3.8, 4) is 22.6 Å². The molecule has 0 unspecified atom stereocenters. The van der Waals surface area contributed by atoms with Crippen molar-refractivity contribution in [2.45, 2.75) is 0 Å². The average molecular weight is 388 g/mol. The average Bonchev–Trinajstić information content (AvgIpc) is 2.73. The standard InChI is InChI=1S/C22H16N2O5/c25-20(12-13-21(26)27)24-22(28)18-11-10-15(14-23-18)17-8-4-5-9-19(17)29-16-6-2-1-3-7-16/h1-14H,(H,26,27)(H,24,25,28)/b13-12+. The lowest BCUT2D eigenvalue weighted by Gasteiger charge is -2.11. The van der Waals surface area contributed by atoms with Crippen LogP contribution in [0.2, 0.25) is 0 Å². The Morgan fingerprint density at radius 1 is 0.897 bits per heavy atom. The van der Waals surface area contributed by atoms with E-state index < -0.39 is 17.8 Å². The van der Waals surface area contributed by atoms with Crippen molar-refractivity contribution in [1.29, 1.82) is 0 Å². The molecule has 2 amide bonds. The maximum absolute atomic E-state index is 12.1. The smallest absolute Gasteiger partial charge is 0.328 e. The van der Waals surface area contributed by atoms with Gasteiger partial charge in [0, 0.05) is 29.5 Å². The van der Waals surface area contributed by atoms with Crippen LogP contribution in [0.4, 0.5) is 0 Å². The highest BCUT2D eigenvalue weighted by Crippen LogP contribution is 2.32. The Morgan fingerprint density at radius 3 is 2.31 bits per heavy atom. The Balaban J connectivity index is 1.76. The highest BCUT2D eigenvalue weighted by atomic mass is 16.5. The summed E-state index contributed by atoms with van der Waals surface area (Å²) < 4.78 is 5.93. The molecule has 0 radical (unpaired) electrons. The SMILES string of the molecule is O=C(O)/C=C/C(=O)NC(=O)c1ccc(-c2ccccc2Oc2ccccc2)cn1. The van der Waals surface area contributed by atoms with Crippen molar-refractivity contribution < 1.29 is 24.2 Å². The van der Waals surface area contributed by atoms with Crippen molar-refractivity contribution in [2.75, 3.05) is 0 Å². The number of hydrogen-bond acceptors (Lipinski definition) is 5. The number of carboxylic acid groups (broad SMARTS) is 1. The van der Waals surface area contributed by atoms with Gasteiger partial charge in [-0.3, -0.25) is 19.9 Å². The van der Waals surface area contributed by atoms with E-state index >= 15 is 0 Å². The lowest BCUT2D eigenvalue weighted by molar-refractivity contribution is -0.131. The Bertz CT molecular complexity index is 1060. The first-order valence-corrected chi connectivity index (χ1v) is 8.57. The van der Waals surface area contributed by atoms with Gasteiger partial charge in [-0.1, -0.05) is 42.5 Å². The van der Waals surface area contributed by atoms with Gasteiger partial charge in [0.25, 0.3) is 11.8 Å². The minimum absolute atomic E-state index is 0.0206. The number of carbonyl (C=O) groups excluding carboxylic acids is 2. The summed E-state index contributed by atoms with van der Waals surface area (Å²) in [5, 5.41) is 10.5. The van der Waals surface area contributed by atoms with Crippen LogP contribution in [0.1, 0.15) is 10.5 Å². The van der Waals surface area contributed by atoms with Gasteiger partial charge in [-0.25, -0.2) is 4.79 Å². The topological polar surface area (TPSA) is 106 Å². The van der Waals surface area contributed by atoms with Crippen LogP contribution < -0.4 is 10.1 Å². The van der Waals surface area contributed by atoms with Gasteiger partial charge in [-0.05, 0) is 24.3 Å². The molecule has 0 bridgehead atoms. The number of ether oxygens (including phenoxy) is 1. The van der Waals surface area contributed by atoms with Gasteiger partial charge in [0.15, 0.2) is 0 Å². The lowest BCUT2D eigenvalue weighted by atomic mass is 10.1. The number of para-hydroxylation sites is 2. The van der Waals surface area contributed by atoms with Crippen molar-refractivity contribution in [1.82, 2.24) is 10.3 Å². The van der Waals surface area contributed by atoms with Crippen LogP contribution in [0.5, 0.6) is 11.5 Å². The maximum atomic E-state index is 12.1. The summed E-state index contributed by atoms with van der Waals surface area (Å²) in [6, 6.07) is 19.9. The predicted octanol–water partition coefficient (Wildman–Crippen LogP) is 3.44. The van der Waals surface area contributed by atoms with Crippen molar-refractivity contribution in [3.05, 3.63) is 90.8 Å². The number of imide groups is 1. The molecule has 0 aliphatic rings. The van der Waals surface area contributed by atoms with E-state index in [0.717, 1.165) is 17.2 Å². The number of hydrogen-bond donors (Lipinski definition) is 2. The highest BCUT2D eigenvalue weighted by molar-refractivity contribution is 6.08. The highest BCUT2D eigenvalue weighted by Gasteiger charge is 2.12. The second kappa shape index (κ2) is 9.09. The van der Waals surface area contributed by atoms with E-state index in [1.54, 1.807) is 6.07 Å². The van der Waals surface area contributed by atoms with Crippen molar-refractivity contribution in [2.24, 2.45) is 0 Å². The molecule has 0 aliphatic heterocycles. The Hall–Kier alpha value is -4.26. The molecule has 0 spiro atoms. The number of rotatable bonds is 6. The largest absolute Gasteiger partial charge is 0.478 e. The minimum Gasteiger partial charge on any atom is -0.478 e. The minimum atomic E-state index is -1.29. The first-order valence-electron chi connectivity index (χ1n) is 8.57. The number of carbonyl (C=O) groups is 3. The molecular weight excluding hydrogens is 372 g/mol. The van der Waals surface area contributed by atoms with Crippen LogP contribution in [0, 0.1) is 0 Å². The molecule has 0 saturated heterocycles. The molecular formula is C22H16N2O5. The number of nitrogens with one attached hydrogen (secondary N) is 1. The fraction of sp³-hybridized carbons (Fsp3) is 0. The molecule has 2 N–H and O–H groups in total. The van der Waals surface area contributed by atoms with E-state index in [1.807, 2.05) is 59.9 Å². The third-order valence-electron chi connectivity index (χ3n) is 3.78. The zero-order valence-electron chi connectivity index (χ0n) is 15.1. The molecule has 144 valence electrons. The van der Waals surface area contributed by atoms with Crippen LogP contribution in [0.15, 0.2) is 85.1 Å². The number of pyridine rings is 1. The van der Waals surface area contributed by atoms with Crippen LogP contribution in [-0.2, 0) is 9.59 Å². The summed E-state index contributed by atoms with van der Waals surface area (Å²) in [7, 11) is 0. The van der Waals surface area contributed by atoms with Gasteiger partial charge in [-0.2, -0.15) is 0 Å². The molecule has 2 aromatic carbocycles. The summed E-state index contributed by atoms with van der Waals surface area (Å²) in [6.45, 7) is 0. The molecule has 1 aromatic heterocycles.